The van der Waals surface area contributed by atoms with Crippen LogP contribution in [0, 0.1) is 5.41 Å². The van der Waals surface area contributed by atoms with Gasteiger partial charge in [0.1, 0.15) is 5.75 Å². The number of hydrogen-bond donors (Lipinski definition) is 0. The van der Waals surface area contributed by atoms with Crippen molar-refractivity contribution in [1.29, 1.82) is 0 Å². The molecular weight excluding hydrogens is 344 g/mol. The number of amides is 1. The van der Waals surface area contributed by atoms with Gasteiger partial charge < -0.3 is 24.6 Å². The summed E-state index contributed by atoms with van der Waals surface area (Å²) >= 11 is 0. The Hall–Kier alpha value is -0.500. The standard InChI is InChI=1S/C17H21NO5.2Na/c1-17(16(21)22)7-9-18(10-8-17)15(20)6-4-12-3-5-13(19)14(11-12)23-2;;/h3-6,11,19H,7-10H2,1-2H3,(H,21,22);;/q;2*+1/p-2. The third-order valence-electron chi connectivity index (χ3n) is 4.28. The largest absolute Gasteiger partial charge is 1.00 e. The molecule has 25 heavy (non-hydrogen) atoms. The zero-order chi connectivity index (χ0) is 17.0. The average Bonchev–Trinajstić information content (AvgIpc) is 2.54. The summed E-state index contributed by atoms with van der Waals surface area (Å²) in [4.78, 5) is 24.9. The maximum absolute atomic E-state index is 12.2. The second-order valence-electron chi connectivity index (χ2n) is 5.92. The smallest absolute Gasteiger partial charge is 0.870 e. The Morgan fingerprint density at radius 1 is 1.24 bits per heavy atom. The van der Waals surface area contributed by atoms with Gasteiger partial charge in [-0.15, -0.1) is 0 Å². The van der Waals surface area contributed by atoms with Crippen molar-refractivity contribution in [3.8, 4) is 11.5 Å². The average molecular weight is 363 g/mol. The number of piperidine rings is 1. The molecule has 1 aliphatic heterocycles. The molecule has 6 nitrogen and oxygen atoms in total. The van der Waals surface area contributed by atoms with Crippen molar-refractivity contribution in [3.05, 3.63) is 29.8 Å². The van der Waals surface area contributed by atoms with E-state index in [9.17, 15) is 19.8 Å². The number of hydrogen-bond acceptors (Lipinski definition) is 5. The second kappa shape index (κ2) is 10.6. The molecule has 0 bridgehead atoms. The number of nitrogens with zero attached hydrogens (tertiary/aromatic N) is 1. The van der Waals surface area contributed by atoms with Crippen molar-refractivity contribution >= 4 is 18.0 Å². The summed E-state index contributed by atoms with van der Waals surface area (Å²) in [6, 6.07) is 4.56. The van der Waals surface area contributed by atoms with Gasteiger partial charge in [-0.2, -0.15) is 0 Å². The SMILES string of the molecule is COc1cc(C=CC(=O)N2CCC(C)(C(=O)[O-])CC2)ccc1[O-].[Na+].[Na+]. The van der Waals surface area contributed by atoms with E-state index >= 15 is 0 Å². The van der Waals surface area contributed by atoms with Gasteiger partial charge in [-0.1, -0.05) is 24.8 Å². The Labute approximate surface area is 191 Å². The molecule has 2 rings (SSSR count). The van der Waals surface area contributed by atoms with Gasteiger partial charge in [-0.25, -0.2) is 0 Å². The van der Waals surface area contributed by atoms with E-state index < -0.39 is 11.4 Å². The first kappa shape index (κ1) is 24.5. The minimum atomic E-state index is -1.06. The topological polar surface area (TPSA) is 92.7 Å². The number of aliphatic carboxylic acids is 1. The Balaban J connectivity index is 0.00000288. The van der Waals surface area contributed by atoms with Crippen LogP contribution in [0.1, 0.15) is 25.3 Å². The molecule has 1 heterocycles. The van der Waals surface area contributed by atoms with Gasteiger partial charge >= 0.3 is 59.1 Å². The van der Waals surface area contributed by atoms with E-state index in [4.69, 9.17) is 4.74 Å². The van der Waals surface area contributed by atoms with Crippen molar-refractivity contribution in [2.45, 2.75) is 19.8 Å². The summed E-state index contributed by atoms with van der Waals surface area (Å²) in [5, 5.41) is 22.5. The van der Waals surface area contributed by atoms with Crippen LogP contribution in [0.25, 0.3) is 6.08 Å². The molecule has 0 radical (unpaired) electrons. The van der Waals surface area contributed by atoms with Gasteiger partial charge in [0, 0.05) is 30.5 Å². The third kappa shape index (κ3) is 6.31. The summed E-state index contributed by atoms with van der Waals surface area (Å²) in [5.41, 5.74) is -0.177. The molecule has 0 spiro atoms. The fourth-order valence-electron chi connectivity index (χ4n) is 2.49. The van der Waals surface area contributed by atoms with Crippen LogP contribution in [0.3, 0.4) is 0 Å². The van der Waals surface area contributed by atoms with E-state index in [1.807, 2.05) is 0 Å². The number of methoxy groups -OCH3 is 1. The molecule has 0 unspecified atom stereocenters. The number of carbonyl (C=O) groups excluding carboxylic acids is 2. The molecule has 1 aromatic rings. The monoisotopic (exact) mass is 363 g/mol. The first-order valence-corrected chi connectivity index (χ1v) is 7.39. The number of carbonyl (C=O) groups is 2. The van der Waals surface area contributed by atoms with Crippen molar-refractivity contribution in [2.75, 3.05) is 20.2 Å². The van der Waals surface area contributed by atoms with Gasteiger partial charge in [-0.3, -0.25) is 4.79 Å². The van der Waals surface area contributed by atoms with Crippen LogP contribution in [-0.4, -0.2) is 37.0 Å². The van der Waals surface area contributed by atoms with Crippen LogP contribution in [0.5, 0.6) is 11.5 Å². The number of rotatable bonds is 4. The zero-order valence-electron chi connectivity index (χ0n) is 15.2. The van der Waals surface area contributed by atoms with E-state index in [0.29, 0.717) is 31.5 Å². The molecule has 1 fully saturated rings. The Morgan fingerprint density at radius 3 is 2.36 bits per heavy atom. The van der Waals surface area contributed by atoms with Crippen molar-refractivity contribution in [1.82, 2.24) is 4.90 Å². The maximum Gasteiger partial charge on any atom is 1.00 e. The van der Waals surface area contributed by atoms with Crippen LogP contribution in [0.4, 0.5) is 0 Å². The normalized spacial score (nSPS) is 15.8. The van der Waals surface area contributed by atoms with Gasteiger partial charge in [0.2, 0.25) is 5.91 Å². The summed E-state index contributed by atoms with van der Waals surface area (Å²) < 4.78 is 4.95. The Morgan fingerprint density at radius 2 is 1.84 bits per heavy atom. The Bertz CT molecular complexity index is 640. The predicted molar refractivity (Wildman–Crippen MR) is 80.4 cm³/mol. The first-order valence-electron chi connectivity index (χ1n) is 7.39. The number of carboxylic acid groups (broad SMARTS) is 1. The van der Waals surface area contributed by atoms with Gasteiger partial charge in [0.15, 0.2) is 0 Å². The van der Waals surface area contributed by atoms with Crippen LogP contribution in [0.15, 0.2) is 24.3 Å². The molecule has 0 saturated carbocycles. The van der Waals surface area contributed by atoms with Crippen molar-refractivity contribution in [3.63, 3.8) is 0 Å². The summed E-state index contributed by atoms with van der Waals surface area (Å²) in [7, 11) is 1.41. The van der Waals surface area contributed by atoms with Crippen LogP contribution in [0.2, 0.25) is 0 Å². The van der Waals surface area contributed by atoms with Crippen molar-refractivity contribution in [2.24, 2.45) is 5.41 Å². The molecule has 1 saturated heterocycles. The van der Waals surface area contributed by atoms with E-state index in [2.05, 4.69) is 0 Å². The fraction of sp³-hybridized carbons (Fsp3) is 0.412. The first-order chi connectivity index (χ1) is 10.9. The number of carboxylic acids is 1. The van der Waals surface area contributed by atoms with Crippen LogP contribution in [-0.2, 0) is 9.59 Å². The summed E-state index contributed by atoms with van der Waals surface area (Å²) in [6.07, 6.45) is 3.79. The molecule has 124 valence electrons. The fourth-order valence-corrected chi connectivity index (χ4v) is 2.49. The van der Waals surface area contributed by atoms with Gasteiger partial charge in [-0.05, 0) is 30.5 Å². The van der Waals surface area contributed by atoms with Crippen molar-refractivity contribution < 1.29 is 83.7 Å². The molecule has 1 amide bonds. The van der Waals surface area contributed by atoms with E-state index in [0.717, 1.165) is 0 Å². The molecule has 0 N–H and O–H groups in total. The molecule has 0 atom stereocenters. The molecule has 8 heteroatoms. The molecule has 0 aromatic heterocycles. The van der Waals surface area contributed by atoms with Crippen LogP contribution >= 0.6 is 0 Å². The van der Waals surface area contributed by atoms with E-state index in [1.165, 1.54) is 19.3 Å². The van der Waals surface area contributed by atoms with E-state index in [1.54, 1.807) is 30.0 Å². The van der Waals surface area contributed by atoms with Crippen LogP contribution < -0.4 is 74.1 Å². The third-order valence-corrected chi connectivity index (χ3v) is 4.28. The number of likely N-dealkylation sites (tertiary alicyclic amines) is 1. The number of ether oxygens (including phenoxy) is 1. The molecular formula is C17H19NNa2O5. The quantitative estimate of drug-likeness (QED) is 0.393. The maximum atomic E-state index is 12.2. The van der Waals surface area contributed by atoms with Gasteiger partial charge in [0.05, 0.1) is 7.11 Å². The number of benzene rings is 1. The molecule has 1 aromatic carbocycles. The predicted octanol–water partition coefficient (Wildman–Crippen LogP) is -5.83. The van der Waals surface area contributed by atoms with Gasteiger partial charge in [0.25, 0.3) is 0 Å². The Kier molecular flexibility index (Phi) is 10.4. The second-order valence-corrected chi connectivity index (χ2v) is 5.92. The molecule has 1 aliphatic rings. The summed E-state index contributed by atoms with van der Waals surface area (Å²) in [6.45, 7) is 2.42. The molecule has 0 aliphatic carbocycles. The zero-order valence-corrected chi connectivity index (χ0v) is 19.2. The van der Waals surface area contributed by atoms with E-state index in [-0.39, 0.29) is 76.5 Å². The summed E-state index contributed by atoms with van der Waals surface area (Å²) in [5.74, 6) is -1.24. The minimum absolute atomic E-state index is 0. The minimum Gasteiger partial charge on any atom is -0.870 e.